The van der Waals surface area contributed by atoms with E-state index in [0.29, 0.717) is 11.8 Å². The summed E-state index contributed by atoms with van der Waals surface area (Å²) in [5, 5.41) is 28.2. The smallest absolute Gasteiger partial charge is 0.306 e. The van der Waals surface area contributed by atoms with Crippen molar-refractivity contribution >= 4 is 35.8 Å². The molecule has 12 nitrogen and oxygen atoms in total. The second-order valence-electron chi connectivity index (χ2n) is 24.8. The molecule has 0 saturated heterocycles. The summed E-state index contributed by atoms with van der Waals surface area (Å²) < 4.78 is 18.3. The van der Waals surface area contributed by atoms with E-state index in [-0.39, 0.29) is 109 Å². The van der Waals surface area contributed by atoms with Crippen molar-refractivity contribution in [1.29, 1.82) is 0 Å². The van der Waals surface area contributed by atoms with Gasteiger partial charge in [-0.25, -0.2) is 0 Å². The predicted octanol–water partition coefficient (Wildman–Crippen LogP) is 10.3. The van der Waals surface area contributed by atoms with E-state index in [1.807, 2.05) is 0 Å². The quantitative estimate of drug-likeness (QED) is 0.0672. The van der Waals surface area contributed by atoms with Gasteiger partial charge in [-0.1, -0.05) is 82.7 Å². The maximum atomic E-state index is 13.5. The number of carbonyl (C=O) groups is 6. The van der Waals surface area contributed by atoms with Crippen molar-refractivity contribution < 1.29 is 58.3 Å². The molecule has 0 unspecified atom stereocenters. The molecule has 0 aliphatic heterocycles. The van der Waals surface area contributed by atoms with Gasteiger partial charge in [-0.15, -0.1) is 0 Å². The predicted molar refractivity (Wildman–Crippen MR) is 237 cm³/mol. The lowest BCUT2D eigenvalue weighted by Gasteiger charge is -2.73. The van der Waals surface area contributed by atoms with Gasteiger partial charge < -0.3 is 29.5 Å². The number of carboxylic acids is 3. The van der Waals surface area contributed by atoms with Gasteiger partial charge in [-0.3, -0.25) is 28.8 Å². The molecule has 5 aliphatic carbocycles. The zero-order valence-corrected chi connectivity index (χ0v) is 40.4. The van der Waals surface area contributed by atoms with E-state index in [1.165, 1.54) is 0 Å². The van der Waals surface area contributed by atoms with Gasteiger partial charge in [-0.05, 0) is 132 Å². The molecule has 0 aromatic rings. The Morgan fingerprint density at radius 1 is 0.571 bits per heavy atom. The average molecular weight is 885 g/mol. The second-order valence-corrected chi connectivity index (χ2v) is 24.8. The topological polar surface area (TPSA) is 191 Å². The van der Waals surface area contributed by atoms with Crippen LogP contribution in [0, 0.1) is 72.9 Å². The zero-order valence-electron chi connectivity index (χ0n) is 40.4. The largest absolute Gasteiger partial charge is 0.481 e. The van der Waals surface area contributed by atoms with Crippen LogP contribution in [0.4, 0.5) is 0 Å². The number of hydrogen-bond donors (Lipinski definition) is 3. The van der Waals surface area contributed by atoms with Gasteiger partial charge in [0.15, 0.2) is 0 Å². The Kier molecular flexibility index (Phi) is 14.2. The van der Waals surface area contributed by atoms with Crippen LogP contribution in [0.3, 0.4) is 0 Å². The van der Waals surface area contributed by atoms with Crippen molar-refractivity contribution in [3.05, 3.63) is 12.2 Å². The van der Waals surface area contributed by atoms with Crippen molar-refractivity contribution in [3.63, 3.8) is 0 Å². The lowest BCUT2D eigenvalue weighted by Crippen LogP contribution is -2.67. The van der Waals surface area contributed by atoms with Crippen molar-refractivity contribution in [2.24, 2.45) is 72.9 Å². The number of rotatable bonds is 18. The molecule has 3 N–H and O–H groups in total. The maximum Gasteiger partial charge on any atom is 0.306 e. The summed E-state index contributed by atoms with van der Waals surface area (Å²) >= 11 is 0. The Bertz CT molecular complexity index is 1810. The van der Waals surface area contributed by atoms with Gasteiger partial charge in [0.25, 0.3) is 0 Å². The van der Waals surface area contributed by atoms with Crippen LogP contribution >= 0.6 is 0 Å². The lowest BCUT2D eigenvalue weighted by atomic mass is 9.32. The molecule has 0 aromatic carbocycles. The Hall–Kier alpha value is -3.44. The molecule has 0 spiro atoms. The van der Waals surface area contributed by atoms with Gasteiger partial charge in [0.1, 0.15) is 12.7 Å². The van der Waals surface area contributed by atoms with Gasteiger partial charge in [0.05, 0.1) is 45.1 Å². The Morgan fingerprint density at radius 2 is 1.10 bits per heavy atom. The Morgan fingerprint density at radius 3 is 1.63 bits per heavy atom. The first-order chi connectivity index (χ1) is 28.8. The molecule has 0 heterocycles. The minimum Gasteiger partial charge on any atom is -0.481 e. The highest BCUT2D eigenvalue weighted by atomic mass is 16.5. The summed E-state index contributed by atoms with van der Waals surface area (Å²) in [4.78, 5) is 74.3. The number of carboxylic acid groups (broad SMARTS) is 3. The highest BCUT2D eigenvalue weighted by Gasteiger charge is 2.71. The number of hydrogen-bond acceptors (Lipinski definition) is 9. The van der Waals surface area contributed by atoms with Crippen molar-refractivity contribution in [2.45, 2.75) is 185 Å². The molecule has 12 heteroatoms. The van der Waals surface area contributed by atoms with Gasteiger partial charge in [-0.2, -0.15) is 0 Å². The second kappa shape index (κ2) is 17.7. The number of esters is 3. The maximum absolute atomic E-state index is 13.5. The number of aliphatic carboxylic acids is 3. The van der Waals surface area contributed by atoms with E-state index in [9.17, 15) is 44.1 Å². The van der Waals surface area contributed by atoms with E-state index in [1.54, 1.807) is 41.5 Å². The Labute approximate surface area is 376 Å². The molecule has 5 fully saturated rings. The first kappa shape index (κ1) is 50.6. The normalized spacial score (nSPS) is 34.8. The van der Waals surface area contributed by atoms with Gasteiger partial charge >= 0.3 is 35.8 Å². The third-order valence-electron chi connectivity index (χ3n) is 18.0. The van der Waals surface area contributed by atoms with Crippen LogP contribution in [0.2, 0.25) is 0 Å². The minimum atomic E-state index is -0.968. The molecule has 10 atom stereocenters. The van der Waals surface area contributed by atoms with Crippen LogP contribution in [0.25, 0.3) is 0 Å². The molecule has 5 aliphatic rings. The summed E-state index contributed by atoms with van der Waals surface area (Å²) in [5.41, 5.74) is -2.04. The highest BCUT2D eigenvalue weighted by molar-refractivity contribution is 5.74. The summed E-state index contributed by atoms with van der Waals surface area (Å²) in [6, 6.07) is 0. The minimum absolute atomic E-state index is 0.00405. The number of fused-ring (bicyclic) bond motifs is 7. The average Bonchev–Trinajstić information content (AvgIpc) is 3.49. The van der Waals surface area contributed by atoms with Crippen molar-refractivity contribution in [1.82, 2.24) is 0 Å². The molecule has 356 valence electrons. The molecule has 0 radical (unpaired) electrons. The first-order valence-corrected chi connectivity index (χ1v) is 23.7. The van der Waals surface area contributed by atoms with Crippen LogP contribution in [0.5, 0.6) is 0 Å². The molecule has 0 amide bonds. The summed E-state index contributed by atoms with van der Waals surface area (Å²) in [5.74, 6) is -2.86. The SMILES string of the molecule is C=C(COC(=O)CC(C)(C)CC(=O)O)[C@@H]1CC[C@]2(COC(=O)CC(C)(C)CC(=O)O)CC[C@]3(C)[C@H](CC[C@@H]4[C@@]5(C)CC[C@H](OC(=O)CC(C)(C)CC(=O)O)C(C)(C)[C@@H]5CC[C@]43C)[C@@H]12. The van der Waals surface area contributed by atoms with E-state index >= 15 is 0 Å². The van der Waals surface area contributed by atoms with Crippen LogP contribution < -0.4 is 0 Å². The summed E-state index contributed by atoms with van der Waals surface area (Å²) in [6.07, 6.45) is 8.65. The zero-order chi connectivity index (χ0) is 47.4. The van der Waals surface area contributed by atoms with Crippen LogP contribution in [-0.2, 0) is 43.0 Å². The molecule has 0 aromatic heterocycles. The number of carbonyl (C=O) groups excluding carboxylic acids is 3. The van der Waals surface area contributed by atoms with E-state index < -0.39 is 46.1 Å². The van der Waals surface area contributed by atoms with Crippen molar-refractivity contribution in [2.75, 3.05) is 13.2 Å². The molecule has 5 rings (SSSR count). The molecule has 63 heavy (non-hydrogen) atoms. The molecular formula is C51H80O12. The molecule has 0 bridgehead atoms. The molecule has 5 saturated carbocycles. The summed E-state index contributed by atoms with van der Waals surface area (Å²) in [7, 11) is 0. The van der Waals surface area contributed by atoms with Crippen LogP contribution in [0.15, 0.2) is 12.2 Å². The number of ether oxygens (including phenoxy) is 3. The van der Waals surface area contributed by atoms with Crippen molar-refractivity contribution in [3.8, 4) is 0 Å². The standard InChI is InChI=1S/C51H80O12/c1-31(29-61-40(58)26-44(2,3)23-37(52)53)32-15-20-51(30-62-41(59)27-45(4,5)24-38(54)55)22-21-49(11)33(43(32)51)13-14-35-48(10)18-17-36(47(8,9)34(48)16-19-50(35,49)12)63-42(60)28-46(6,7)25-39(56)57/h32-36,43H,1,13-30H2,2-12H3,(H,52,53)(H,54,55)(H,56,57)/t32-,33+,34-,35+,36-,43+,48-,49+,50+,51+/m0/s1. The van der Waals surface area contributed by atoms with Crippen LogP contribution in [0.1, 0.15) is 179 Å². The van der Waals surface area contributed by atoms with E-state index in [4.69, 9.17) is 14.2 Å². The fraction of sp³-hybridized carbons (Fsp3) is 0.843. The van der Waals surface area contributed by atoms with Crippen LogP contribution in [-0.4, -0.2) is 70.5 Å². The van der Waals surface area contributed by atoms with E-state index in [2.05, 4.69) is 41.2 Å². The third-order valence-corrected chi connectivity index (χ3v) is 18.0. The first-order valence-electron chi connectivity index (χ1n) is 23.7. The monoisotopic (exact) mass is 885 g/mol. The lowest BCUT2D eigenvalue weighted by molar-refractivity contribution is -0.252. The van der Waals surface area contributed by atoms with E-state index in [0.717, 1.165) is 69.8 Å². The van der Waals surface area contributed by atoms with Gasteiger partial charge in [0.2, 0.25) is 0 Å². The fourth-order valence-electron chi connectivity index (χ4n) is 15.0. The highest BCUT2D eigenvalue weighted by Crippen LogP contribution is 2.77. The van der Waals surface area contributed by atoms with Gasteiger partial charge in [0, 0.05) is 10.8 Å². The fourth-order valence-corrected chi connectivity index (χ4v) is 15.0. The third kappa shape index (κ3) is 10.3. The summed E-state index contributed by atoms with van der Waals surface area (Å²) in [6.45, 7) is 27.5. The Balaban J connectivity index is 1.40. The molecular weight excluding hydrogens is 805 g/mol.